The number of nitrogens with zero attached hydrogens (tertiary/aromatic N) is 7. The minimum absolute atomic E-state index is 0.0977. The lowest BCUT2D eigenvalue weighted by Gasteiger charge is -2.36. The number of hydrogen-bond acceptors (Lipinski definition) is 8. The van der Waals surface area contributed by atoms with Crippen molar-refractivity contribution >= 4 is 17.5 Å². The number of likely N-dealkylation sites (tertiary alicyclic amines) is 2. The van der Waals surface area contributed by atoms with Gasteiger partial charge in [-0.2, -0.15) is 4.98 Å². The van der Waals surface area contributed by atoms with Crippen LogP contribution in [0.25, 0.3) is 16.9 Å². The quantitative estimate of drug-likeness (QED) is 0.418. The van der Waals surface area contributed by atoms with Crippen molar-refractivity contribution in [2.75, 3.05) is 31.9 Å². The molecular formula is C28H32N8O2. The molecule has 1 amide bonds. The number of carbonyl (C=O) groups excluding carboxylic acids is 1. The molecule has 2 N–H and O–H groups in total. The highest BCUT2D eigenvalue weighted by Crippen LogP contribution is 2.28. The van der Waals surface area contributed by atoms with Crippen LogP contribution in [0.3, 0.4) is 0 Å². The summed E-state index contributed by atoms with van der Waals surface area (Å²) in [7, 11) is 0. The predicted octanol–water partition coefficient (Wildman–Crippen LogP) is 3.36. The molecule has 10 heteroatoms. The molecule has 3 aromatic heterocycles. The molecule has 2 aliphatic heterocycles. The Kier molecular flexibility index (Phi) is 6.63. The Morgan fingerprint density at radius 2 is 1.79 bits per heavy atom. The van der Waals surface area contributed by atoms with E-state index >= 15 is 0 Å². The number of nitrogen functional groups attached to an aromatic ring is 1. The number of piperidine rings is 1. The van der Waals surface area contributed by atoms with Gasteiger partial charge >= 0.3 is 0 Å². The highest BCUT2D eigenvalue weighted by Gasteiger charge is 2.28. The summed E-state index contributed by atoms with van der Waals surface area (Å²) in [5, 5.41) is 4.41. The van der Waals surface area contributed by atoms with Crippen molar-refractivity contribution in [1.29, 1.82) is 0 Å². The van der Waals surface area contributed by atoms with Crippen LogP contribution >= 0.6 is 0 Å². The van der Waals surface area contributed by atoms with E-state index in [-0.39, 0.29) is 18.3 Å². The van der Waals surface area contributed by atoms with E-state index in [0.717, 1.165) is 42.6 Å². The van der Waals surface area contributed by atoms with Crippen LogP contribution in [0.4, 0.5) is 5.82 Å². The van der Waals surface area contributed by atoms with Gasteiger partial charge in [-0.25, -0.2) is 14.5 Å². The number of aromatic nitrogens is 5. The smallest absolute Gasteiger partial charge is 0.253 e. The summed E-state index contributed by atoms with van der Waals surface area (Å²) < 4.78 is 7.54. The van der Waals surface area contributed by atoms with Gasteiger partial charge in [0.2, 0.25) is 0 Å². The lowest BCUT2D eigenvalue weighted by Crippen LogP contribution is -2.45. The molecule has 4 aromatic rings. The molecule has 6 rings (SSSR count). The maximum Gasteiger partial charge on any atom is 0.253 e. The monoisotopic (exact) mass is 512 g/mol. The van der Waals surface area contributed by atoms with Crippen LogP contribution in [0.1, 0.15) is 47.4 Å². The third-order valence-electron chi connectivity index (χ3n) is 7.48. The van der Waals surface area contributed by atoms with Gasteiger partial charge in [-0.1, -0.05) is 12.1 Å². The highest BCUT2D eigenvalue weighted by molar-refractivity contribution is 5.94. The molecular weight excluding hydrogens is 480 g/mol. The first-order chi connectivity index (χ1) is 18.5. The second-order valence-corrected chi connectivity index (χ2v) is 10.1. The Bertz CT molecular complexity index is 1440. The van der Waals surface area contributed by atoms with Crippen LogP contribution in [0.15, 0.2) is 48.9 Å². The van der Waals surface area contributed by atoms with Crippen LogP contribution in [0.5, 0.6) is 5.75 Å². The number of benzene rings is 1. The molecule has 0 bridgehead atoms. The molecule has 38 heavy (non-hydrogen) atoms. The molecule has 2 fully saturated rings. The number of nitrogens with two attached hydrogens (primary N) is 1. The molecule has 0 atom stereocenters. The molecule has 1 aromatic carbocycles. The predicted molar refractivity (Wildman–Crippen MR) is 144 cm³/mol. The summed E-state index contributed by atoms with van der Waals surface area (Å²) >= 11 is 0. The molecule has 0 aliphatic carbocycles. The van der Waals surface area contributed by atoms with E-state index in [4.69, 9.17) is 10.5 Å². The first-order valence-electron chi connectivity index (χ1n) is 13.2. The van der Waals surface area contributed by atoms with Crippen molar-refractivity contribution in [2.24, 2.45) is 0 Å². The molecule has 10 nitrogen and oxygen atoms in total. The maximum atomic E-state index is 13.1. The third kappa shape index (κ3) is 5.04. The average Bonchev–Trinajstić information content (AvgIpc) is 3.62. The van der Waals surface area contributed by atoms with Crippen LogP contribution < -0.4 is 10.5 Å². The number of hydrogen-bond donors (Lipinski definition) is 1. The zero-order valence-electron chi connectivity index (χ0n) is 21.6. The molecule has 2 aliphatic rings. The standard InChI is InChI=1S/C28H32N8O2/c1-19-15-31-28-32-25(33-36(28)17-19)18-38-24-14-22(16-30-26(24)29)20-4-6-21(7-5-20)27(37)35-12-8-23(9-13-35)34-10-2-3-11-34/h4-7,14-17,23H,2-3,8-13,18H2,1H3,(H2,29,30). The van der Waals surface area contributed by atoms with Gasteiger partial charge in [-0.15, -0.1) is 5.10 Å². The molecule has 0 unspecified atom stereocenters. The summed E-state index contributed by atoms with van der Waals surface area (Å²) in [5.74, 6) is 1.85. The Morgan fingerprint density at radius 3 is 2.55 bits per heavy atom. The molecule has 5 heterocycles. The van der Waals surface area contributed by atoms with Crippen molar-refractivity contribution in [3.63, 3.8) is 0 Å². The number of aryl methyl sites for hydroxylation is 1. The lowest BCUT2D eigenvalue weighted by atomic mass is 10.0. The van der Waals surface area contributed by atoms with Gasteiger partial charge in [0, 0.05) is 48.8 Å². The van der Waals surface area contributed by atoms with E-state index in [0.29, 0.717) is 29.0 Å². The van der Waals surface area contributed by atoms with E-state index in [1.807, 2.05) is 48.4 Å². The minimum atomic E-state index is 0.0977. The largest absolute Gasteiger partial charge is 0.482 e. The first-order valence-corrected chi connectivity index (χ1v) is 13.2. The molecule has 0 saturated carbocycles. The SMILES string of the molecule is Cc1cnc2nc(COc3cc(-c4ccc(C(=O)N5CCC(N6CCCC6)CC5)cc4)cnc3N)nn2c1. The number of ether oxygens (including phenoxy) is 1. The van der Waals surface area contributed by atoms with Gasteiger partial charge in [0.25, 0.3) is 11.7 Å². The molecule has 2 saturated heterocycles. The Hall–Kier alpha value is -4.05. The van der Waals surface area contributed by atoms with Crippen molar-refractivity contribution < 1.29 is 9.53 Å². The van der Waals surface area contributed by atoms with Gasteiger partial charge < -0.3 is 20.3 Å². The highest BCUT2D eigenvalue weighted by atomic mass is 16.5. The van der Waals surface area contributed by atoms with Gasteiger partial charge in [-0.05, 0) is 75.0 Å². The second kappa shape index (κ2) is 10.4. The fourth-order valence-corrected chi connectivity index (χ4v) is 5.38. The number of fused-ring (bicyclic) bond motifs is 1. The Labute approximate surface area is 221 Å². The zero-order valence-corrected chi connectivity index (χ0v) is 21.6. The Morgan fingerprint density at radius 1 is 1.03 bits per heavy atom. The number of rotatable bonds is 6. The number of carbonyl (C=O) groups is 1. The van der Waals surface area contributed by atoms with Crippen molar-refractivity contribution in [1.82, 2.24) is 34.4 Å². The number of amides is 1. The maximum absolute atomic E-state index is 13.1. The van der Waals surface area contributed by atoms with Crippen molar-refractivity contribution in [2.45, 2.75) is 45.3 Å². The summed E-state index contributed by atoms with van der Waals surface area (Å²) in [6, 6.07) is 10.1. The van der Waals surface area contributed by atoms with Gasteiger partial charge in [0.15, 0.2) is 17.4 Å². The van der Waals surface area contributed by atoms with Gasteiger partial charge in [0.1, 0.15) is 6.61 Å². The zero-order chi connectivity index (χ0) is 26.1. The summed E-state index contributed by atoms with van der Waals surface area (Å²) in [4.78, 5) is 30.7. The first kappa shape index (κ1) is 24.3. The third-order valence-corrected chi connectivity index (χ3v) is 7.48. The van der Waals surface area contributed by atoms with E-state index in [1.54, 1.807) is 16.9 Å². The fraction of sp³-hybridized carbons (Fsp3) is 0.393. The summed E-state index contributed by atoms with van der Waals surface area (Å²) in [6.07, 6.45) is 10.0. The number of anilines is 1. The summed E-state index contributed by atoms with van der Waals surface area (Å²) in [5.41, 5.74) is 9.55. The van der Waals surface area contributed by atoms with E-state index in [1.165, 1.54) is 25.9 Å². The topological polar surface area (TPSA) is 115 Å². The fourth-order valence-electron chi connectivity index (χ4n) is 5.38. The van der Waals surface area contributed by atoms with E-state index in [2.05, 4.69) is 25.0 Å². The van der Waals surface area contributed by atoms with Gasteiger partial charge in [0.05, 0.1) is 0 Å². The second-order valence-electron chi connectivity index (χ2n) is 10.1. The van der Waals surface area contributed by atoms with Crippen LogP contribution in [0, 0.1) is 6.92 Å². The summed E-state index contributed by atoms with van der Waals surface area (Å²) in [6.45, 7) is 6.15. The van der Waals surface area contributed by atoms with Crippen LogP contribution in [0.2, 0.25) is 0 Å². The van der Waals surface area contributed by atoms with E-state index < -0.39 is 0 Å². The lowest BCUT2D eigenvalue weighted by molar-refractivity contribution is 0.0644. The molecule has 0 spiro atoms. The van der Waals surface area contributed by atoms with Crippen molar-refractivity contribution in [3.05, 3.63) is 65.9 Å². The van der Waals surface area contributed by atoms with Crippen molar-refractivity contribution in [3.8, 4) is 16.9 Å². The van der Waals surface area contributed by atoms with E-state index in [9.17, 15) is 4.79 Å². The normalized spacial score (nSPS) is 16.8. The minimum Gasteiger partial charge on any atom is -0.482 e. The number of pyridine rings is 1. The molecule has 0 radical (unpaired) electrons. The van der Waals surface area contributed by atoms with Crippen LogP contribution in [-0.4, -0.2) is 72.5 Å². The molecule has 196 valence electrons. The Balaban J connectivity index is 1.10. The van der Waals surface area contributed by atoms with Crippen LogP contribution in [-0.2, 0) is 6.61 Å². The average molecular weight is 513 g/mol. The van der Waals surface area contributed by atoms with Gasteiger partial charge in [-0.3, -0.25) is 4.79 Å².